The predicted molar refractivity (Wildman–Crippen MR) is 58.3 cm³/mol. The molecule has 2 nitrogen and oxygen atoms in total. The first-order valence-corrected chi connectivity index (χ1v) is 5.97. The first-order chi connectivity index (χ1) is 6.62. The molecule has 0 amide bonds. The molecule has 82 valence electrons. The van der Waals surface area contributed by atoms with Crippen molar-refractivity contribution >= 4 is 0 Å². The summed E-state index contributed by atoms with van der Waals surface area (Å²) in [5.41, 5.74) is 0.666. The lowest BCUT2D eigenvalue weighted by atomic mass is 9.90. The van der Waals surface area contributed by atoms with Crippen molar-refractivity contribution in [3.63, 3.8) is 0 Å². The van der Waals surface area contributed by atoms with Crippen LogP contribution in [-0.2, 0) is 4.74 Å². The molecule has 1 saturated carbocycles. The van der Waals surface area contributed by atoms with E-state index in [2.05, 4.69) is 26.1 Å². The average Bonchev–Trinajstić information content (AvgIpc) is 2.74. The number of ether oxygens (including phenoxy) is 1. The van der Waals surface area contributed by atoms with Gasteiger partial charge in [-0.2, -0.15) is 0 Å². The molecule has 0 bridgehead atoms. The highest BCUT2D eigenvalue weighted by molar-refractivity contribution is 5.05. The number of rotatable bonds is 3. The fourth-order valence-electron chi connectivity index (χ4n) is 2.85. The first kappa shape index (κ1) is 10.4. The summed E-state index contributed by atoms with van der Waals surface area (Å²) in [4.78, 5) is 0. The minimum absolute atomic E-state index is 0.493. The Morgan fingerprint density at radius 2 is 2.21 bits per heavy atom. The van der Waals surface area contributed by atoms with Gasteiger partial charge in [-0.15, -0.1) is 0 Å². The molecule has 2 heteroatoms. The third-order valence-electron chi connectivity index (χ3n) is 3.83. The van der Waals surface area contributed by atoms with E-state index in [0.29, 0.717) is 17.6 Å². The number of hydrogen-bond donors (Lipinski definition) is 1. The Morgan fingerprint density at radius 3 is 2.86 bits per heavy atom. The largest absolute Gasteiger partial charge is 0.378 e. The van der Waals surface area contributed by atoms with Crippen molar-refractivity contribution < 1.29 is 4.74 Å². The van der Waals surface area contributed by atoms with Gasteiger partial charge in [-0.1, -0.05) is 13.8 Å². The fourth-order valence-corrected chi connectivity index (χ4v) is 2.85. The third kappa shape index (κ3) is 2.12. The monoisotopic (exact) mass is 197 g/mol. The molecule has 0 radical (unpaired) electrons. The summed E-state index contributed by atoms with van der Waals surface area (Å²) in [5.74, 6) is 0.927. The SMILES string of the molecule is CC(C)NCC1CC12CCOC(C)C2. The highest BCUT2D eigenvalue weighted by Gasteiger charge is 2.54. The summed E-state index contributed by atoms with van der Waals surface area (Å²) in [6, 6.07) is 0.630. The Hall–Kier alpha value is -0.0800. The molecule has 3 unspecified atom stereocenters. The van der Waals surface area contributed by atoms with Gasteiger partial charge in [0.2, 0.25) is 0 Å². The molecular formula is C12H23NO. The molecule has 1 spiro atoms. The van der Waals surface area contributed by atoms with E-state index in [1.807, 2.05) is 0 Å². The molecule has 0 aromatic heterocycles. The van der Waals surface area contributed by atoms with Gasteiger partial charge in [0.25, 0.3) is 0 Å². The zero-order valence-corrected chi connectivity index (χ0v) is 9.68. The van der Waals surface area contributed by atoms with E-state index in [4.69, 9.17) is 4.74 Å². The standard InChI is InChI=1S/C12H23NO/c1-9(2)13-8-11-7-12(11)4-5-14-10(3)6-12/h9-11,13H,4-8H2,1-3H3. The maximum atomic E-state index is 5.61. The second-order valence-electron chi connectivity index (χ2n) is 5.46. The topological polar surface area (TPSA) is 21.3 Å². The van der Waals surface area contributed by atoms with Crippen LogP contribution in [0, 0.1) is 11.3 Å². The molecule has 0 aromatic carbocycles. The first-order valence-electron chi connectivity index (χ1n) is 5.97. The van der Waals surface area contributed by atoms with Crippen LogP contribution in [0.25, 0.3) is 0 Å². The van der Waals surface area contributed by atoms with E-state index < -0.39 is 0 Å². The molecular weight excluding hydrogens is 174 g/mol. The van der Waals surface area contributed by atoms with Gasteiger partial charge in [0, 0.05) is 12.6 Å². The van der Waals surface area contributed by atoms with E-state index >= 15 is 0 Å². The molecule has 2 rings (SSSR count). The average molecular weight is 197 g/mol. The van der Waals surface area contributed by atoms with Gasteiger partial charge in [0.15, 0.2) is 0 Å². The Kier molecular flexibility index (Phi) is 2.85. The maximum absolute atomic E-state index is 5.61. The van der Waals surface area contributed by atoms with E-state index in [1.54, 1.807) is 0 Å². The van der Waals surface area contributed by atoms with Gasteiger partial charge in [-0.3, -0.25) is 0 Å². The lowest BCUT2D eigenvalue weighted by Gasteiger charge is -2.28. The second-order valence-corrected chi connectivity index (χ2v) is 5.46. The Morgan fingerprint density at radius 1 is 1.43 bits per heavy atom. The van der Waals surface area contributed by atoms with Crippen LogP contribution >= 0.6 is 0 Å². The summed E-state index contributed by atoms with van der Waals surface area (Å²) >= 11 is 0. The maximum Gasteiger partial charge on any atom is 0.0552 e. The van der Waals surface area contributed by atoms with Crippen LogP contribution in [-0.4, -0.2) is 25.3 Å². The van der Waals surface area contributed by atoms with E-state index in [0.717, 1.165) is 12.5 Å². The van der Waals surface area contributed by atoms with Crippen LogP contribution < -0.4 is 5.32 Å². The van der Waals surface area contributed by atoms with E-state index in [1.165, 1.54) is 25.8 Å². The summed E-state index contributed by atoms with van der Waals surface area (Å²) in [7, 11) is 0. The molecule has 1 saturated heterocycles. The molecule has 0 aromatic rings. The molecule has 14 heavy (non-hydrogen) atoms. The highest BCUT2D eigenvalue weighted by atomic mass is 16.5. The van der Waals surface area contributed by atoms with Crippen molar-refractivity contribution in [2.75, 3.05) is 13.2 Å². The van der Waals surface area contributed by atoms with Crippen LogP contribution in [0.15, 0.2) is 0 Å². The van der Waals surface area contributed by atoms with Gasteiger partial charge in [-0.05, 0) is 44.1 Å². The smallest absolute Gasteiger partial charge is 0.0552 e. The third-order valence-corrected chi connectivity index (χ3v) is 3.83. The van der Waals surface area contributed by atoms with Crippen LogP contribution in [0.5, 0.6) is 0 Å². The van der Waals surface area contributed by atoms with Gasteiger partial charge < -0.3 is 10.1 Å². The minimum atomic E-state index is 0.493. The summed E-state index contributed by atoms with van der Waals surface area (Å²) in [6.45, 7) is 8.86. The van der Waals surface area contributed by atoms with Crippen molar-refractivity contribution in [3.8, 4) is 0 Å². The van der Waals surface area contributed by atoms with Crippen molar-refractivity contribution in [2.45, 2.75) is 52.2 Å². The lowest BCUT2D eigenvalue weighted by molar-refractivity contribution is -0.00945. The predicted octanol–water partition coefficient (Wildman–Crippen LogP) is 2.19. The van der Waals surface area contributed by atoms with Crippen molar-refractivity contribution in [1.82, 2.24) is 5.32 Å². The molecule has 1 aliphatic heterocycles. The Bertz CT molecular complexity index is 204. The number of nitrogens with one attached hydrogen (secondary N) is 1. The fraction of sp³-hybridized carbons (Fsp3) is 1.00. The van der Waals surface area contributed by atoms with Crippen molar-refractivity contribution in [2.24, 2.45) is 11.3 Å². The van der Waals surface area contributed by atoms with Crippen LogP contribution in [0.4, 0.5) is 0 Å². The highest BCUT2D eigenvalue weighted by Crippen LogP contribution is 2.59. The Balaban J connectivity index is 1.78. The molecule has 2 aliphatic rings. The van der Waals surface area contributed by atoms with Gasteiger partial charge in [0.1, 0.15) is 0 Å². The van der Waals surface area contributed by atoms with Gasteiger partial charge in [0.05, 0.1) is 6.10 Å². The Labute approximate surface area is 87.4 Å². The van der Waals surface area contributed by atoms with E-state index in [9.17, 15) is 0 Å². The molecule has 3 atom stereocenters. The van der Waals surface area contributed by atoms with Gasteiger partial charge >= 0.3 is 0 Å². The lowest BCUT2D eigenvalue weighted by Crippen LogP contribution is -2.30. The van der Waals surface area contributed by atoms with Crippen LogP contribution in [0.3, 0.4) is 0 Å². The summed E-state index contributed by atoms with van der Waals surface area (Å²) in [5, 5.41) is 3.55. The zero-order valence-electron chi connectivity index (χ0n) is 9.68. The molecule has 2 fully saturated rings. The van der Waals surface area contributed by atoms with Crippen molar-refractivity contribution in [3.05, 3.63) is 0 Å². The molecule has 1 aliphatic carbocycles. The van der Waals surface area contributed by atoms with E-state index in [-0.39, 0.29) is 0 Å². The normalized spacial score (nSPS) is 42.0. The van der Waals surface area contributed by atoms with Crippen LogP contribution in [0.1, 0.15) is 40.0 Å². The summed E-state index contributed by atoms with van der Waals surface area (Å²) < 4.78 is 5.61. The summed E-state index contributed by atoms with van der Waals surface area (Å²) in [6.07, 6.45) is 4.51. The van der Waals surface area contributed by atoms with Crippen LogP contribution in [0.2, 0.25) is 0 Å². The molecule has 1 heterocycles. The second kappa shape index (κ2) is 3.82. The quantitative estimate of drug-likeness (QED) is 0.749. The molecule has 1 N–H and O–H groups in total. The number of hydrogen-bond acceptors (Lipinski definition) is 2. The minimum Gasteiger partial charge on any atom is -0.378 e. The zero-order chi connectivity index (χ0) is 10.2. The van der Waals surface area contributed by atoms with Gasteiger partial charge in [-0.25, -0.2) is 0 Å². The van der Waals surface area contributed by atoms with Crippen molar-refractivity contribution in [1.29, 1.82) is 0 Å².